The third-order valence-electron chi connectivity index (χ3n) is 5.55. The van der Waals surface area contributed by atoms with Crippen LogP contribution in [-0.4, -0.2) is 28.2 Å². The fraction of sp³-hybridized carbons (Fsp3) is 0.348. The van der Waals surface area contributed by atoms with E-state index >= 15 is 0 Å². The highest BCUT2D eigenvalue weighted by Gasteiger charge is 2.33. The minimum atomic E-state index is -0.410. The Bertz CT molecular complexity index is 1050. The average Bonchev–Trinajstić information content (AvgIpc) is 2.67. The molecule has 0 bridgehead atoms. The van der Waals surface area contributed by atoms with Gasteiger partial charge in [-0.05, 0) is 51.3 Å². The summed E-state index contributed by atoms with van der Waals surface area (Å²) in [6.45, 7) is 8.16. The number of rotatable bonds is 4. The van der Waals surface area contributed by atoms with E-state index in [4.69, 9.17) is 4.98 Å². The van der Waals surface area contributed by atoms with E-state index in [-0.39, 0.29) is 17.9 Å². The number of hydrogen-bond acceptors (Lipinski definition) is 5. The monoisotopic (exact) mass is 389 g/mol. The van der Waals surface area contributed by atoms with Crippen LogP contribution in [0.2, 0.25) is 0 Å². The molecule has 1 aliphatic rings. The number of anilines is 1. The van der Waals surface area contributed by atoms with Gasteiger partial charge in [-0.3, -0.25) is 10.1 Å². The fourth-order valence-electron chi connectivity index (χ4n) is 4.04. The molecule has 1 amide bonds. The molecular weight excluding hydrogens is 362 g/mol. The van der Waals surface area contributed by atoms with Crippen LogP contribution in [0.15, 0.2) is 42.5 Å². The highest BCUT2D eigenvalue weighted by molar-refractivity contribution is 5.85. The lowest BCUT2D eigenvalue weighted by Gasteiger charge is -2.36. The molecule has 1 aromatic heterocycles. The number of fused-ring (bicyclic) bond motifs is 1. The zero-order valence-electron chi connectivity index (χ0n) is 17.3. The molecule has 6 heteroatoms. The van der Waals surface area contributed by atoms with E-state index in [0.29, 0.717) is 12.4 Å². The number of amides is 1. The topological polar surface area (TPSA) is 78.9 Å². The van der Waals surface area contributed by atoms with Gasteiger partial charge >= 0.3 is 0 Å². The van der Waals surface area contributed by atoms with E-state index < -0.39 is 6.29 Å². The van der Waals surface area contributed by atoms with Crippen LogP contribution in [-0.2, 0) is 11.2 Å². The third-order valence-corrected chi connectivity index (χ3v) is 5.55. The summed E-state index contributed by atoms with van der Waals surface area (Å²) >= 11 is 0. The van der Waals surface area contributed by atoms with Crippen LogP contribution >= 0.6 is 0 Å². The van der Waals surface area contributed by atoms with Crippen molar-refractivity contribution in [2.75, 3.05) is 5.32 Å². The molecule has 2 aromatic carbocycles. The molecule has 0 saturated carbocycles. The average molecular weight is 390 g/mol. The minimum Gasteiger partial charge on any atom is -0.323 e. The number of aryl methyl sites for hydroxylation is 3. The Balaban J connectivity index is 1.50. The number of benzene rings is 2. The maximum Gasteiger partial charge on any atom is 0.227 e. The van der Waals surface area contributed by atoms with Crippen molar-refractivity contribution in [3.05, 3.63) is 64.8 Å². The van der Waals surface area contributed by atoms with Crippen LogP contribution in [0, 0.1) is 26.7 Å². The Morgan fingerprint density at radius 1 is 1.07 bits per heavy atom. The Kier molecular flexibility index (Phi) is 5.20. The first-order valence-electron chi connectivity index (χ1n) is 10.0. The molecular formula is C23H27N5O. The van der Waals surface area contributed by atoms with Crippen molar-refractivity contribution in [2.24, 2.45) is 5.92 Å². The van der Waals surface area contributed by atoms with Crippen molar-refractivity contribution in [1.29, 1.82) is 0 Å². The first kappa shape index (κ1) is 19.3. The standard InChI is InChI=1S/C23H27N5O/c1-13-10-14(2)20-18(11-13)15(3)24-22(26-20)28-23-25-16(4)19(21(29)27-23)12-17-8-6-5-7-9-17/h5-11,16,19,23,25H,12H2,1-4H3,(H,27,29)(H,24,26,28). The SMILES string of the molecule is Cc1cc(C)c2nc(NC3NC(=O)C(Cc4ccccc4)C(C)N3)nc(C)c2c1. The van der Waals surface area contributed by atoms with Crippen molar-refractivity contribution in [3.63, 3.8) is 0 Å². The van der Waals surface area contributed by atoms with Crippen molar-refractivity contribution in [1.82, 2.24) is 20.6 Å². The predicted octanol–water partition coefficient (Wildman–Crippen LogP) is 3.22. The van der Waals surface area contributed by atoms with Gasteiger partial charge in [0, 0.05) is 11.4 Å². The molecule has 3 aromatic rings. The number of carbonyl (C=O) groups excluding carboxylic acids is 1. The van der Waals surface area contributed by atoms with Gasteiger partial charge in [0.05, 0.1) is 17.1 Å². The lowest BCUT2D eigenvalue weighted by Crippen LogP contribution is -2.63. The van der Waals surface area contributed by atoms with Gasteiger partial charge in [0.25, 0.3) is 0 Å². The molecule has 4 rings (SSSR count). The van der Waals surface area contributed by atoms with Crippen LogP contribution in [0.3, 0.4) is 0 Å². The van der Waals surface area contributed by atoms with Gasteiger partial charge in [-0.15, -0.1) is 0 Å². The summed E-state index contributed by atoms with van der Waals surface area (Å²) in [4.78, 5) is 22.0. The maximum absolute atomic E-state index is 12.7. The van der Waals surface area contributed by atoms with Gasteiger partial charge < -0.3 is 10.6 Å². The van der Waals surface area contributed by atoms with E-state index in [9.17, 15) is 4.79 Å². The molecule has 1 saturated heterocycles. The van der Waals surface area contributed by atoms with Crippen LogP contribution < -0.4 is 16.0 Å². The quantitative estimate of drug-likeness (QED) is 0.639. The number of aromatic nitrogens is 2. The zero-order valence-corrected chi connectivity index (χ0v) is 17.3. The molecule has 1 fully saturated rings. The van der Waals surface area contributed by atoms with Gasteiger partial charge in [0.2, 0.25) is 11.9 Å². The molecule has 3 unspecified atom stereocenters. The molecule has 3 N–H and O–H groups in total. The summed E-state index contributed by atoms with van der Waals surface area (Å²) in [5.74, 6) is 0.412. The number of carbonyl (C=O) groups is 1. The van der Waals surface area contributed by atoms with E-state index in [1.807, 2.05) is 32.0 Å². The van der Waals surface area contributed by atoms with Gasteiger partial charge in [0.1, 0.15) is 0 Å². The molecule has 0 spiro atoms. The third kappa shape index (κ3) is 4.07. The molecule has 2 heterocycles. The maximum atomic E-state index is 12.7. The van der Waals surface area contributed by atoms with Gasteiger partial charge in [0.15, 0.2) is 6.29 Å². The molecule has 150 valence electrons. The van der Waals surface area contributed by atoms with Gasteiger partial charge in [-0.25, -0.2) is 9.97 Å². The minimum absolute atomic E-state index is 0.0207. The first-order valence-corrected chi connectivity index (χ1v) is 10.0. The molecule has 29 heavy (non-hydrogen) atoms. The Morgan fingerprint density at radius 2 is 1.83 bits per heavy atom. The summed E-state index contributed by atoms with van der Waals surface area (Å²) in [7, 11) is 0. The molecule has 0 aliphatic carbocycles. The zero-order chi connectivity index (χ0) is 20.5. The van der Waals surface area contributed by atoms with E-state index in [0.717, 1.165) is 27.7 Å². The lowest BCUT2D eigenvalue weighted by molar-refractivity contribution is -0.128. The van der Waals surface area contributed by atoms with Crippen LogP contribution in [0.4, 0.5) is 5.95 Å². The van der Waals surface area contributed by atoms with Crippen molar-refractivity contribution < 1.29 is 4.79 Å². The van der Waals surface area contributed by atoms with Crippen molar-refractivity contribution >= 4 is 22.8 Å². The van der Waals surface area contributed by atoms with Gasteiger partial charge in [-0.2, -0.15) is 0 Å². The van der Waals surface area contributed by atoms with Crippen LogP contribution in [0.5, 0.6) is 0 Å². The van der Waals surface area contributed by atoms with Crippen LogP contribution in [0.25, 0.3) is 10.9 Å². The second-order valence-electron chi connectivity index (χ2n) is 7.95. The smallest absolute Gasteiger partial charge is 0.227 e. The first-order chi connectivity index (χ1) is 13.9. The summed E-state index contributed by atoms with van der Waals surface area (Å²) in [6.07, 6.45) is 0.296. The largest absolute Gasteiger partial charge is 0.323 e. The second-order valence-corrected chi connectivity index (χ2v) is 7.95. The summed E-state index contributed by atoms with van der Waals surface area (Å²) in [5.41, 5.74) is 5.32. The number of nitrogens with one attached hydrogen (secondary N) is 3. The van der Waals surface area contributed by atoms with E-state index in [1.54, 1.807) is 0 Å². The Labute approximate surface area is 171 Å². The molecule has 3 atom stereocenters. The predicted molar refractivity (Wildman–Crippen MR) is 116 cm³/mol. The second kappa shape index (κ2) is 7.79. The normalized spacial score (nSPS) is 21.8. The Hall–Kier alpha value is -2.99. The van der Waals surface area contributed by atoms with Crippen LogP contribution in [0.1, 0.15) is 29.3 Å². The molecule has 1 aliphatic heterocycles. The van der Waals surface area contributed by atoms with Gasteiger partial charge in [-0.1, -0.05) is 42.0 Å². The van der Waals surface area contributed by atoms with E-state index in [1.165, 1.54) is 5.56 Å². The number of nitrogens with zero attached hydrogens (tertiary/aromatic N) is 2. The fourth-order valence-corrected chi connectivity index (χ4v) is 4.04. The lowest BCUT2D eigenvalue weighted by atomic mass is 9.91. The van der Waals surface area contributed by atoms with Crippen molar-refractivity contribution in [3.8, 4) is 0 Å². The summed E-state index contributed by atoms with van der Waals surface area (Å²) in [6, 6.07) is 14.4. The summed E-state index contributed by atoms with van der Waals surface area (Å²) in [5, 5.41) is 10.7. The Morgan fingerprint density at radius 3 is 2.55 bits per heavy atom. The number of hydrogen-bond donors (Lipinski definition) is 3. The highest BCUT2D eigenvalue weighted by atomic mass is 16.2. The molecule has 0 radical (unpaired) electrons. The highest BCUT2D eigenvalue weighted by Crippen LogP contribution is 2.23. The molecule has 6 nitrogen and oxygen atoms in total. The van der Waals surface area contributed by atoms with Crippen molar-refractivity contribution in [2.45, 2.75) is 46.4 Å². The van der Waals surface area contributed by atoms with E-state index in [2.05, 4.69) is 59.0 Å². The summed E-state index contributed by atoms with van der Waals surface area (Å²) < 4.78 is 0.